The Balaban J connectivity index is 2.72. The van der Waals surface area contributed by atoms with Crippen LogP contribution >= 0.6 is 0 Å². The van der Waals surface area contributed by atoms with Crippen molar-refractivity contribution >= 4 is 6.29 Å². The SMILES string of the molecule is CC(O)C(C)C1(C=O)CCOCC1. The Morgan fingerprint density at radius 1 is 1.38 bits per heavy atom. The number of aldehydes is 1. The lowest BCUT2D eigenvalue weighted by Gasteiger charge is -2.38. The summed E-state index contributed by atoms with van der Waals surface area (Å²) in [5.41, 5.74) is -0.355. The maximum Gasteiger partial charge on any atom is 0.126 e. The Labute approximate surface area is 79.1 Å². The minimum atomic E-state index is -0.428. The average Bonchev–Trinajstić information content (AvgIpc) is 2.17. The lowest BCUT2D eigenvalue weighted by atomic mass is 9.70. The van der Waals surface area contributed by atoms with Gasteiger partial charge < -0.3 is 14.6 Å². The fourth-order valence-electron chi connectivity index (χ4n) is 1.91. The third-order valence-corrected chi connectivity index (χ3v) is 3.29. The van der Waals surface area contributed by atoms with Gasteiger partial charge in [0.05, 0.1) is 6.10 Å². The van der Waals surface area contributed by atoms with Crippen molar-refractivity contribution in [2.45, 2.75) is 32.8 Å². The first kappa shape index (κ1) is 10.7. The van der Waals surface area contributed by atoms with Gasteiger partial charge in [-0.1, -0.05) is 6.92 Å². The summed E-state index contributed by atoms with van der Waals surface area (Å²) < 4.78 is 5.22. The van der Waals surface area contributed by atoms with Gasteiger partial charge >= 0.3 is 0 Å². The fourth-order valence-corrected chi connectivity index (χ4v) is 1.91. The predicted octanol–water partition coefficient (Wildman–Crippen LogP) is 0.999. The number of hydrogen-bond donors (Lipinski definition) is 1. The van der Waals surface area contributed by atoms with E-state index in [1.54, 1.807) is 6.92 Å². The molecule has 0 aromatic carbocycles. The standard InChI is InChI=1S/C10H18O3/c1-8(9(2)12)10(7-11)3-5-13-6-4-10/h7-9,12H,3-6H2,1-2H3. The summed E-state index contributed by atoms with van der Waals surface area (Å²) in [6.45, 7) is 4.95. The van der Waals surface area contributed by atoms with E-state index < -0.39 is 6.10 Å². The molecule has 0 aromatic rings. The molecule has 1 saturated heterocycles. The zero-order chi connectivity index (χ0) is 9.90. The van der Waals surface area contributed by atoms with Crippen LogP contribution < -0.4 is 0 Å². The van der Waals surface area contributed by atoms with Gasteiger partial charge in [-0.15, -0.1) is 0 Å². The second-order valence-electron chi connectivity index (χ2n) is 3.99. The van der Waals surface area contributed by atoms with Crippen molar-refractivity contribution < 1.29 is 14.6 Å². The highest BCUT2D eigenvalue weighted by molar-refractivity contribution is 5.60. The van der Waals surface area contributed by atoms with Crippen molar-refractivity contribution in [1.82, 2.24) is 0 Å². The van der Waals surface area contributed by atoms with Gasteiger partial charge in [0.2, 0.25) is 0 Å². The molecule has 3 nitrogen and oxygen atoms in total. The zero-order valence-electron chi connectivity index (χ0n) is 8.32. The third-order valence-electron chi connectivity index (χ3n) is 3.29. The van der Waals surface area contributed by atoms with Gasteiger partial charge in [0.1, 0.15) is 6.29 Å². The number of hydrogen-bond acceptors (Lipinski definition) is 3. The van der Waals surface area contributed by atoms with Gasteiger partial charge in [-0.3, -0.25) is 0 Å². The molecule has 2 atom stereocenters. The summed E-state index contributed by atoms with van der Waals surface area (Å²) in [4.78, 5) is 11.1. The Morgan fingerprint density at radius 2 is 1.92 bits per heavy atom. The molecule has 0 aromatic heterocycles. The summed E-state index contributed by atoms with van der Waals surface area (Å²) in [7, 11) is 0. The summed E-state index contributed by atoms with van der Waals surface area (Å²) in [5, 5.41) is 9.47. The minimum Gasteiger partial charge on any atom is -0.393 e. The first-order valence-electron chi connectivity index (χ1n) is 4.84. The number of rotatable bonds is 3. The number of aliphatic hydroxyl groups excluding tert-OH is 1. The molecule has 3 heteroatoms. The molecule has 1 aliphatic rings. The van der Waals surface area contributed by atoms with Gasteiger partial charge in [-0.25, -0.2) is 0 Å². The van der Waals surface area contributed by atoms with Crippen LogP contribution in [0.2, 0.25) is 0 Å². The van der Waals surface area contributed by atoms with E-state index >= 15 is 0 Å². The quantitative estimate of drug-likeness (QED) is 0.669. The van der Waals surface area contributed by atoms with Gasteiger partial charge in [0.25, 0.3) is 0 Å². The van der Waals surface area contributed by atoms with Crippen LogP contribution in [0.1, 0.15) is 26.7 Å². The van der Waals surface area contributed by atoms with Crippen molar-refractivity contribution in [3.63, 3.8) is 0 Å². The van der Waals surface area contributed by atoms with E-state index in [9.17, 15) is 9.90 Å². The van der Waals surface area contributed by atoms with Crippen molar-refractivity contribution in [2.24, 2.45) is 11.3 Å². The molecular weight excluding hydrogens is 168 g/mol. The second-order valence-corrected chi connectivity index (χ2v) is 3.99. The average molecular weight is 186 g/mol. The molecular formula is C10H18O3. The topological polar surface area (TPSA) is 46.5 Å². The second kappa shape index (κ2) is 4.20. The molecule has 76 valence electrons. The summed E-state index contributed by atoms with van der Waals surface area (Å²) in [5.74, 6) is 0.0221. The molecule has 0 aliphatic carbocycles. The maximum atomic E-state index is 11.1. The van der Waals surface area contributed by atoms with E-state index in [1.165, 1.54) is 0 Å². The Kier molecular flexibility index (Phi) is 3.45. The van der Waals surface area contributed by atoms with Crippen LogP contribution in [0.15, 0.2) is 0 Å². The Bertz CT molecular complexity index is 171. The van der Waals surface area contributed by atoms with Crippen molar-refractivity contribution in [3.05, 3.63) is 0 Å². The predicted molar refractivity (Wildman–Crippen MR) is 49.4 cm³/mol. The van der Waals surface area contributed by atoms with Crippen LogP contribution in [-0.4, -0.2) is 30.7 Å². The van der Waals surface area contributed by atoms with Crippen LogP contribution in [0.3, 0.4) is 0 Å². The maximum absolute atomic E-state index is 11.1. The van der Waals surface area contributed by atoms with Gasteiger partial charge in [-0.05, 0) is 25.7 Å². The largest absolute Gasteiger partial charge is 0.393 e. The molecule has 1 rings (SSSR count). The van der Waals surface area contributed by atoms with Crippen LogP contribution in [0.5, 0.6) is 0 Å². The van der Waals surface area contributed by atoms with Crippen molar-refractivity contribution in [3.8, 4) is 0 Å². The number of aliphatic hydroxyl groups is 1. The van der Waals surface area contributed by atoms with Gasteiger partial charge in [0, 0.05) is 18.6 Å². The monoisotopic (exact) mass is 186 g/mol. The normalized spacial score (nSPS) is 26.4. The number of ether oxygens (including phenoxy) is 1. The van der Waals surface area contributed by atoms with E-state index in [0.717, 1.165) is 19.1 Å². The lowest BCUT2D eigenvalue weighted by Crippen LogP contribution is -2.41. The van der Waals surface area contributed by atoms with E-state index in [4.69, 9.17) is 4.74 Å². The Morgan fingerprint density at radius 3 is 2.31 bits per heavy atom. The van der Waals surface area contributed by atoms with Crippen LogP contribution in [0.25, 0.3) is 0 Å². The van der Waals surface area contributed by atoms with E-state index in [0.29, 0.717) is 13.2 Å². The molecule has 2 unspecified atom stereocenters. The van der Waals surface area contributed by atoms with Crippen LogP contribution in [-0.2, 0) is 9.53 Å². The molecule has 0 radical (unpaired) electrons. The summed E-state index contributed by atoms with van der Waals surface area (Å²) in [6.07, 6.45) is 2.06. The summed E-state index contributed by atoms with van der Waals surface area (Å²) >= 11 is 0. The van der Waals surface area contributed by atoms with Crippen molar-refractivity contribution in [1.29, 1.82) is 0 Å². The molecule has 13 heavy (non-hydrogen) atoms. The highest BCUT2D eigenvalue weighted by Gasteiger charge is 2.39. The van der Waals surface area contributed by atoms with E-state index in [2.05, 4.69) is 0 Å². The van der Waals surface area contributed by atoms with E-state index in [-0.39, 0.29) is 11.3 Å². The molecule has 0 spiro atoms. The summed E-state index contributed by atoms with van der Waals surface area (Å²) in [6, 6.07) is 0. The molecule has 0 saturated carbocycles. The molecule has 1 N–H and O–H groups in total. The van der Waals surface area contributed by atoms with Crippen molar-refractivity contribution in [2.75, 3.05) is 13.2 Å². The molecule has 1 heterocycles. The van der Waals surface area contributed by atoms with E-state index in [1.807, 2.05) is 6.92 Å². The highest BCUT2D eigenvalue weighted by Crippen LogP contribution is 2.37. The van der Waals surface area contributed by atoms with Crippen LogP contribution in [0, 0.1) is 11.3 Å². The van der Waals surface area contributed by atoms with Gasteiger partial charge in [-0.2, -0.15) is 0 Å². The first-order chi connectivity index (χ1) is 6.12. The molecule has 1 fully saturated rings. The fraction of sp³-hybridized carbons (Fsp3) is 0.900. The highest BCUT2D eigenvalue weighted by atomic mass is 16.5. The number of carbonyl (C=O) groups excluding carboxylic acids is 1. The smallest absolute Gasteiger partial charge is 0.126 e. The molecule has 1 aliphatic heterocycles. The van der Waals surface area contributed by atoms with Gasteiger partial charge in [0.15, 0.2) is 0 Å². The van der Waals surface area contributed by atoms with Crippen LogP contribution in [0.4, 0.5) is 0 Å². The lowest BCUT2D eigenvalue weighted by molar-refractivity contribution is -0.129. The molecule has 0 bridgehead atoms. The number of carbonyl (C=O) groups is 1. The first-order valence-corrected chi connectivity index (χ1v) is 4.84. The Hall–Kier alpha value is -0.410. The zero-order valence-corrected chi connectivity index (χ0v) is 8.32. The minimum absolute atomic E-state index is 0.0221. The third kappa shape index (κ3) is 2.09. The molecule has 0 amide bonds.